The Labute approximate surface area is 503 Å². The number of halogens is 16. The Kier molecular flexibility index (Phi) is 23.6. The second-order valence-corrected chi connectivity index (χ2v) is 20.6. The Morgan fingerprint density at radius 2 is 1.01 bits per heavy atom. The van der Waals surface area contributed by atoms with Gasteiger partial charge in [0.1, 0.15) is 51.5 Å². The van der Waals surface area contributed by atoms with E-state index in [-0.39, 0.29) is 41.3 Å². The predicted molar refractivity (Wildman–Crippen MR) is 296 cm³/mol. The summed E-state index contributed by atoms with van der Waals surface area (Å²) in [6, 6.07) is 26.1. The number of amides is 1. The van der Waals surface area contributed by atoms with Gasteiger partial charge >= 0.3 is 31.1 Å². The molecule has 0 aliphatic heterocycles. The lowest BCUT2D eigenvalue weighted by Gasteiger charge is -2.31. The van der Waals surface area contributed by atoms with E-state index >= 15 is 0 Å². The maximum atomic E-state index is 14.3. The van der Waals surface area contributed by atoms with Crippen molar-refractivity contribution < 1.29 is 104 Å². The van der Waals surface area contributed by atoms with Gasteiger partial charge in [-0.2, -0.15) is 26.3 Å². The highest BCUT2D eigenvalue weighted by Gasteiger charge is 2.40. The lowest BCUT2D eigenvalue weighted by atomic mass is 9.91. The summed E-state index contributed by atoms with van der Waals surface area (Å²) in [7, 11) is 0. The second kappa shape index (κ2) is 30.4. The molecule has 0 spiro atoms. The highest BCUT2D eigenvalue weighted by atomic mass is 19.4. The van der Waals surface area contributed by atoms with Crippen molar-refractivity contribution in [3.63, 3.8) is 0 Å². The highest BCUT2D eigenvalue weighted by molar-refractivity contribution is 5.96. The molecule has 0 heterocycles. The molecule has 2 saturated carbocycles. The van der Waals surface area contributed by atoms with Crippen molar-refractivity contribution in [2.24, 2.45) is 0 Å². The van der Waals surface area contributed by atoms with Crippen molar-refractivity contribution in [3.8, 4) is 17.6 Å². The SMILES string of the molecule is Nc1cc(C2(OC=O)CCCC2)ccc1N(CCC(F)(F)F)Cc1ccc(OC(F)(F)F)cc1.O=COC1(c2ccc(N(CCC(F)(F)F)Cc3ccc(OC(F)(F)F)cc3)c(NC(=O)Cc3ccc(F)cc3F)c2)CCCC1.[O-][N+]#Cc1ccc(F)cc1F. The van der Waals surface area contributed by atoms with Crippen LogP contribution in [0.25, 0.3) is 5.01 Å². The van der Waals surface area contributed by atoms with Crippen LogP contribution in [0.5, 0.6) is 11.5 Å². The number of nitrogens with two attached hydrogens (primary N) is 1. The molecule has 484 valence electrons. The van der Waals surface area contributed by atoms with Crippen LogP contribution >= 0.6 is 0 Å². The molecule has 8 rings (SSSR count). The molecule has 0 bridgehead atoms. The van der Waals surface area contributed by atoms with E-state index in [1.807, 2.05) is 6.07 Å². The van der Waals surface area contributed by atoms with Gasteiger partial charge in [-0.3, -0.25) is 14.4 Å². The van der Waals surface area contributed by atoms with E-state index in [2.05, 4.69) is 19.8 Å². The summed E-state index contributed by atoms with van der Waals surface area (Å²) in [4.78, 5) is 38.2. The van der Waals surface area contributed by atoms with E-state index in [1.54, 1.807) is 24.3 Å². The Bertz CT molecular complexity index is 3430. The summed E-state index contributed by atoms with van der Waals surface area (Å²) in [5.74, 6) is -5.06. The minimum absolute atomic E-state index is 0.0259. The Morgan fingerprint density at radius 3 is 1.42 bits per heavy atom. The number of nitrogen functional groups attached to an aromatic ring is 1. The summed E-state index contributed by atoms with van der Waals surface area (Å²) in [5, 5.41) is 14.4. The largest absolute Gasteiger partial charge is 0.573 e. The van der Waals surface area contributed by atoms with Gasteiger partial charge < -0.3 is 45.0 Å². The molecule has 13 nitrogen and oxygen atoms in total. The summed E-state index contributed by atoms with van der Waals surface area (Å²) < 4.78 is 225. The van der Waals surface area contributed by atoms with Crippen molar-refractivity contribution in [1.29, 1.82) is 0 Å². The third-order valence-electron chi connectivity index (χ3n) is 14.3. The second-order valence-electron chi connectivity index (χ2n) is 20.6. The summed E-state index contributed by atoms with van der Waals surface area (Å²) in [5.41, 5.74) is 6.75. The van der Waals surface area contributed by atoms with Gasteiger partial charge in [-0.05, 0) is 146 Å². The maximum absolute atomic E-state index is 14.3. The first-order valence-corrected chi connectivity index (χ1v) is 27.2. The minimum atomic E-state index is -4.93. The monoisotopic (exact) mass is 1290 g/mol. The van der Waals surface area contributed by atoms with E-state index in [9.17, 15) is 89.8 Å². The average Bonchev–Trinajstić information content (AvgIpc) is 1.41. The van der Waals surface area contributed by atoms with Crippen LogP contribution in [-0.2, 0) is 54.6 Å². The van der Waals surface area contributed by atoms with Gasteiger partial charge in [0.2, 0.25) is 5.91 Å². The third kappa shape index (κ3) is 21.3. The number of nitrogens with one attached hydrogen (secondary N) is 1. The molecule has 6 aromatic carbocycles. The summed E-state index contributed by atoms with van der Waals surface area (Å²) in [6.45, 7) is -0.568. The lowest BCUT2D eigenvalue weighted by molar-refractivity contribution is -0.275. The van der Waals surface area contributed by atoms with E-state index in [0.717, 1.165) is 74.2 Å². The van der Waals surface area contributed by atoms with Gasteiger partial charge in [0.15, 0.2) is 0 Å². The van der Waals surface area contributed by atoms with Crippen LogP contribution in [0.3, 0.4) is 0 Å². The molecule has 0 atom stereocenters. The Morgan fingerprint density at radius 1 is 0.578 bits per heavy atom. The number of nitrogens with zero attached hydrogens (tertiary/aromatic N) is 3. The van der Waals surface area contributed by atoms with Crippen LogP contribution in [0.15, 0.2) is 121 Å². The summed E-state index contributed by atoms with van der Waals surface area (Å²) in [6.07, 6.45) is -16.3. The molecule has 2 fully saturated rings. The van der Waals surface area contributed by atoms with Crippen LogP contribution in [-0.4, -0.2) is 57.0 Å². The first-order valence-electron chi connectivity index (χ1n) is 27.2. The first kappa shape index (κ1) is 70.0. The number of hydrogen-bond donors (Lipinski definition) is 2. The molecule has 1 amide bonds. The standard InChI is InChI=1S/C31H28F8N2O4.C23H24F6N2O3.C7H3F2NO/c32-23-7-5-21(25(33)17-23)15-28(43)40-26-16-22(29(44-19-42)11-1-2-12-29)6-10-27(26)41(14-13-30(34,35)36)18-20-3-8-24(9-4-20)45-31(37,38)39;24-22(25,26)11-12-31(14-16-3-6-18(7-4-16)34-23(27,28)29)20-8-5-17(13-19(20)30)21(33-15-32)9-1-2-10-21;8-6-2-1-5(4-10-11)7(9)3-6/h3-10,16-17,19H,1-2,11-15,18H2,(H,40,43);3-8,13,15H,1-2,9-12,14,30H2;1-3H. The average molecular weight is 1290 g/mol. The molecule has 0 saturated heterocycles. The van der Waals surface area contributed by atoms with E-state index in [4.69, 9.17) is 15.2 Å². The molecule has 0 unspecified atom stereocenters. The van der Waals surface area contributed by atoms with Crippen LogP contribution in [0.1, 0.15) is 97.6 Å². The molecule has 90 heavy (non-hydrogen) atoms. The van der Waals surface area contributed by atoms with Crippen LogP contribution in [0.2, 0.25) is 0 Å². The van der Waals surface area contributed by atoms with Crippen molar-refractivity contribution in [1.82, 2.24) is 0 Å². The van der Waals surface area contributed by atoms with E-state index in [0.29, 0.717) is 78.7 Å². The third-order valence-corrected chi connectivity index (χ3v) is 14.3. The number of carbonyl (C=O) groups is 3. The van der Waals surface area contributed by atoms with Crippen LogP contribution in [0.4, 0.5) is 93.0 Å². The fourth-order valence-corrected chi connectivity index (χ4v) is 10.1. The zero-order valence-corrected chi connectivity index (χ0v) is 47.0. The predicted octanol–water partition coefficient (Wildman–Crippen LogP) is 16.2. The lowest BCUT2D eigenvalue weighted by Crippen LogP contribution is -2.30. The number of alkyl halides is 12. The molecular formula is C61H55F16N5O8. The van der Waals surface area contributed by atoms with Crippen molar-refractivity contribution in [3.05, 3.63) is 188 Å². The molecule has 3 N–H and O–H groups in total. The molecule has 0 aromatic heterocycles. The number of carbonyl (C=O) groups excluding carboxylic acids is 3. The van der Waals surface area contributed by atoms with Gasteiger partial charge in [0, 0.05) is 43.3 Å². The number of benzene rings is 6. The van der Waals surface area contributed by atoms with Gasteiger partial charge in [-0.1, -0.05) is 42.5 Å². The van der Waals surface area contributed by atoms with Crippen molar-refractivity contribution in [2.75, 3.05) is 33.9 Å². The van der Waals surface area contributed by atoms with Crippen molar-refractivity contribution in [2.45, 2.75) is 120 Å². The zero-order valence-electron chi connectivity index (χ0n) is 47.0. The Hall–Kier alpha value is -9.10. The van der Waals surface area contributed by atoms with Crippen LogP contribution < -0.4 is 30.3 Å². The topological polar surface area (TPSA) is 160 Å². The van der Waals surface area contributed by atoms with Gasteiger partial charge in [-0.25, -0.2) is 17.6 Å². The van der Waals surface area contributed by atoms with Gasteiger partial charge in [0.25, 0.3) is 12.9 Å². The van der Waals surface area contributed by atoms with E-state index in [1.165, 1.54) is 46.2 Å². The molecule has 0 radical (unpaired) electrons. The van der Waals surface area contributed by atoms with Gasteiger partial charge in [-0.15, -0.1) is 26.3 Å². The minimum Gasteiger partial charge on any atom is -0.498 e. The number of hydrogen-bond acceptors (Lipinski definition) is 11. The van der Waals surface area contributed by atoms with Crippen LogP contribution in [0, 0.1) is 34.5 Å². The summed E-state index contributed by atoms with van der Waals surface area (Å²) >= 11 is 0. The fourth-order valence-electron chi connectivity index (χ4n) is 10.1. The Balaban J connectivity index is 0.000000251. The number of anilines is 4. The molecule has 6 aromatic rings. The number of ether oxygens (including phenoxy) is 4. The molecule has 2 aliphatic rings. The molecule has 2 aliphatic carbocycles. The zero-order chi connectivity index (χ0) is 66.1. The van der Waals surface area contributed by atoms with E-state index < -0.39 is 109 Å². The van der Waals surface area contributed by atoms with Gasteiger partial charge in [0.05, 0.1) is 42.0 Å². The smallest absolute Gasteiger partial charge is 0.498 e. The highest BCUT2D eigenvalue weighted by Crippen LogP contribution is 2.46. The molecule has 29 heteroatoms. The normalized spacial score (nSPS) is 14.3. The first-order chi connectivity index (χ1) is 42.3. The number of rotatable bonds is 21. The molecular weight excluding hydrogens is 1230 g/mol. The maximum Gasteiger partial charge on any atom is 0.573 e. The van der Waals surface area contributed by atoms with Crippen molar-refractivity contribution >= 4 is 41.6 Å². The fraction of sp³-hybridized carbons (Fsp3) is 0.344. The quantitative estimate of drug-likeness (QED) is 0.0306.